The second-order valence-electron chi connectivity index (χ2n) is 19.7. The summed E-state index contributed by atoms with van der Waals surface area (Å²) < 4.78 is 50.9. The fourth-order valence-electron chi connectivity index (χ4n) is 7.48. The Morgan fingerprint density at radius 3 is 1.92 bits per heavy atom. The van der Waals surface area contributed by atoms with Crippen molar-refractivity contribution in [3.8, 4) is 5.75 Å². The minimum atomic E-state index is -4.12. The van der Waals surface area contributed by atoms with Crippen molar-refractivity contribution in [2.24, 2.45) is 11.3 Å². The van der Waals surface area contributed by atoms with Crippen molar-refractivity contribution in [3.63, 3.8) is 0 Å². The first-order valence-electron chi connectivity index (χ1n) is 25.0. The Kier molecular flexibility index (Phi) is 29.4. The molecule has 0 aliphatic rings. The van der Waals surface area contributed by atoms with Crippen LogP contribution in [0, 0.1) is 18.3 Å². The molecule has 2 rings (SSSR count). The maximum Gasteiger partial charge on any atom is 0.264 e. The summed E-state index contributed by atoms with van der Waals surface area (Å²) in [6, 6.07) is 11.4. The maximum atomic E-state index is 14.4. The van der Waals surface area contributed by atoms with E-state index in [4.69, 9.17) is 18.9 Å². The lowest BCUT2D eigenvalue weighted by atomic mass is 9.76. The van der Waals surface area contributed by atoms with Crippen molar-refractivity contribution in [2.75, 3.05) is 78.4 Å². The summed E-state index contributed by atoms with van der Waals surface area (Å²) in [5, 5.41) is 9.15. The molecule has 16 nitrogen and oxygen atoms in total. The van der Waals surface area contributed by atoms with E-state index in [1.807, 2.05) is 86.6 Å². The zero-order valence-electron chi connectivity index (χ0n) is 45.0. The molecule has 3 atom stereocenters. The number of likely N-dealkylation sites (N-methyl/N-ethyl adjacent to an activating group) is 2. The third-order valence-corrected chi connectivity index (χ3v) is 15.7. The number of amides is 4. The number of carbonyl (C=O) groups excluding carboxylic acids is 5. The predicted molar refractivity (Wildman–Crippen MR) is 290 cm³/mol. The molecule has 0 saturated heterocycles. The van der Waals surface area contributed by atoms with Crippen molar-refractivity contribution in [2.45, 2.75) is 136 Å². The Labute approximate surface area is 438 Å². The number of sulfonamides is 1. The SMILES string of the molecule is CCC(=O)CCCCCNC(=O)CCSSCCOCCOCCOCCOc1ccc(C(C)(C)[C@H](NC)C(=O)N[C@H](C(=O)N(C)[C@H](/C=C(\C)C(=O)NS(=O)(=O)c2ccc(C)cc2)C(C)C)C(C)(C)C)cc1. The first kappa shape index (κ1) is 64.1. The first-order chi connectivity index (χ1) is 34.0. The number of aryl methyl sites for hydroxylation is 1. The van der Waals surface area contributed by atoms with Crippen LogP contribution in [0.3, 0.4) is 0 Å². The van der Waals surface area contributed by atoms with Crippen LogP contribution >= 0.6 is 21.6 Å². The maximum absolute atomic E-state index is 14.4. The van der Waals surface area contributed by atoms with Gasteiger partial charge in [0.05, 0.1) is 56.6 Å². The van der Waals surface area contributed by atoms with Gasteiger partial charge in [0.2, 0.25) is 17.7 Å². The largest absolute Gasteiger partial charge is 0.491 e. The lowest BCUT2D eigenvalue weighted by Crippen LogP contribution is -2.61. The van der Waals surface area contributed by atoms with E-state index in [0.29, 0.717) is 83.6 Å². The van der Waals surface area contributed by atoms with Crippen LogP contribution in [0.5, 0.6) is 5.75 Å². The molecule has 0 heterocycles. The highest BCUT2D eigenvalue weighted by molar-refractivity contribution is 8.76. The minimum Gasteiger partial charge on any atom is -0.491 e. The summed E-state index contributed by atoms with van der Waals surface area (Å²) in [7, 11) is 2.55. The van der Waals surface area contributed by atoms with E-state index in [1.54, 1.807) is 53.9 Å². The van der Waals surface area contributed by atoms with Gasteiger partial charge >= 0.3 is 0 Å². The van der Waals surface area contributed by atoms with E-state index in [1.165, 1.54) is 24.0 Å². The zero-order valence-corrected chi connectivity index (χ0v) is 47.4. The zero-order chi connectivity index (χ0) is 53.9. The fourth-order valence-corrected chi connectivity index (χ4v) is 10.3. The van der Waals surface area contributed by atoms with E-state index in [-0.39, 0.29) is 34.1 Å². The molecule has 0 aliphatic carbocycles. The summed E-state index contributed by atoms with van der Waals surface area (Å²) in [6.45, 7) is 22.3. The van der Waals surface area contributed by atoms with Crippen LogP contribution in [0.1, 0.15) is 112 Å². The minimum absolute atomic E-state index is 0.0356. The lowest BCUT2D eigenvalue weighted by molar-refractivity contribution is -0.141. The second-order valence-corrected chi connectivity index (χ2v) is 24.1. The van der Waals surface area contributed by atoms with Gasteiger partial charge in [0.15, 0.2) is 0 Å². The van der Waals surface area contributed by atoms with Gasteiger partial charge in [-0.15, -0.1) is 0 Å². The molecule has 0 saturated carbocycles. The molecule has 0 spiro atoms. The molecule has 2 aromatic rings. The van der Waals surface area contributed by atoms with Crippen LogP contribution in [-0.2, 0) is 53.6 Å². The third-order valence-electron chi connectivity index (χ3n) is 12.0. The van der Waals surface area contributed by atoms with Crippen LogP contribution in [0.25, 0.3) is 0 Å². The van der Waals surface area contributed by atoms with Gasteiger partial charge in [0, 0.05) is 55.3 Å². The summed E-state index contributed by atoms with van der Waals surface area (Å²) in [5.41, 5.74) is 0.435. The standard InChI is InChI=1S/C53H85N5O11S3/c1-13-42(59)17-15-14-16-27-55-46(60)26-35-70-71-36-34-68-31-30-66-28-29-67-32-33-69-43-22-20-41(21-23-43)53(9,10)47(54-11)50(62)56-48(52(6,7)8)51(63)58(12)45(38(2)3)37-40(5)49(61)57-72(64,65)44-24-18-39(4)19-25-44/h18-25,37-38,45,47-48,54H,13-17,26-36H2,1-12H3,(H,55,60)(H,56,62)(H,57,61)/b40-37+/t45-,47-,48-/m1/s1. The van der Waals surface area contributed by atoms with Crippen molar-refractivity contribution in [3.05, 3.63) is 71.3 Å². The van der Waals surface area contributed by atoms with Gasteiger partial charge in [-0.3, -0.25) is 24.0 Å². The van der Waals surface area contributed by atoms with Gasteiger partial charge in [0.25, 0.3) is 15.9 Å². The molecule has 2 aromatic carbocycles. The highest BCUT2D eigenvalue weighted by Gasteiger charge is 2.42. The highest BCUT2D eigenvalue weighted by atomic mass is 33.1. The molecule has 19 heteroatoms. The average molecular weight is 1060 g/mol. The van der Waals surface area contributed by atoms with Gasteiger partial charge in [-0.25, -0.2) is 13.1 Å². The molecular weight excluding hydrogens is 979 g/mol. The Balaban J connectivity index is 1.77. The number of nitrogens with one attached hydrogen (secondary N) is 4. The quantitative estimate of drug-likeness (QED) is 0.0303. The molecule has 0 bridgehead atoms. The van der Waals surface area contributed by atoms with Crippen LogP contribution in [-0.4, -0.2) is 139 Å². The Morgan fingerprint density at radius 2 is 1.35 bits per heavy atom. The molecule has 406 valence electrons. The number of hydrogen-bond acceptors (Lipinski definition) is 14. The Morgan fingerprint density at radius 1 is 0.764 bits per heavy atom. The molecule has 4 N–H and O–H groups in total. The molecule has 0 unspecified atom stereocenters. The summed E-state index contributed by atoms with van der Waals surface area (Å²) >= 11 is 0. The molecule has 0 fully saturated rings. The molecule has 0 radical (unpaired) electrons. The molecule has 0 aromatic heterocycles. The number of unbranched alkanes of at least 4 members (excludes halogenated alkanes) is 2. The predicted octanol–water partition coefficient (Wildman–Crippen LogP) is 7.18. The third kappa shape index (κ3) is 23.5. The lowest BCUT2D eigenvalue weighted by Gasteiger charge is -2.40. The van der Waals surface area contributed by atoms with Crippen LogP contribution in [0.15, 0.2) is 65.1 Å². The number of Topliss-reactive ketones (excluding diaryl/α,β-unsaturated/α-hetero) is 1. The average Bonchev–Trinajstić information content (AvgIpc) is 3.32. The highest BCUT2D eigenvalue weighted by Crippen LogP contribution is 2.31. The number of ether oxygens (including phenoxy) is 4. The van der Waals surface area contributed by atoms with Gasteiger partial charge in [-0.05, 0) is 74.9 Å². The molecule has 72 heavy (non-hydrogen) atoms. The van der Waals surface area contributed by atoms with E-state index >= 15 is 0 Å². The van der Waals surface area contributed by atoms with Gasteiger partial charge in [0.1, 0.15) is 24.2 Å². The first-order valence-corrected chi connectivity index (χ1v) is 29.0. The van der Waals surface area contributed by atoms with Gasteiger partial charge < -0.3 is 39.8 Å². The van der Waals surface area contributed by atoms with Crippen LogP contribution in [0.4, 0.5) is 0 Å². The second kappa shape index (κ2) is 33.0. The molecule has 4 amide bonds. The van der Waals surface area contributed by atoms with Gasteiger partial charge in [-0.2, -0.15) is 0 Å². The Bertz CT molecular complexity index is 2110. The van der Waals surface area contributed by atoms with Crippen molar-refractivity contribution >= 4 is 61.0 Å². The number of hydrogen-bond donors (Lipinski definition) is 4. The molecule has 0 aliphatic heterocycles. The summed E-state index contributed by atoms with van der Waals surface area (Å²) in [5.74, 6) is 0.868. The number of rotatable bonds is 36. The number of ketones is 1. The summed E-state index contributed by atoms with van der Waals surface area (Å²) in [6.07, 6.45) is 6.04. The molecular formula is C53H85N5O11S3. The number of nitrogens with zero attached hydrogens (tertiary/aromatic N) is 1. The van der Waals surface area contributed by atoms with Crippen molar-refractivity contribution in [1.82, 2.24) is 25.6 Å². The van der Waals surface area contributed by atoms with Crippen LogP contribution < -0.4 is 25.4 Å². The fraction of sp³-hybridized carbons (Fsp3) is 0.642. The monoisotopic (exact) mass is 1060 g/mol. The van der Waals surface area contributed by atoms with E-state index in [9.17, 15) is 32.4 Å². The summed E-state index contributed by atoms with van der Waals surface area (Å²) in [4.78, 5) is 66.5. The number of benzene rings is 2. The topological polar surface area (TPSA) is 208 Å². The van der Waals surface area contributed by atoms with Crippen molar-refractivity contribution in [1.29, 1.82) is 0 Å². The smallest absolute Gasteiger partial charge is 0.264 e. The van der Waals surface area contributed by atoms with E-state index in [2.05, 4.69) is 20.7 Å². The van der Waals surface area contributed by atoms with Gasteiger partial charge in [-0.1, -0.05) is 119 Å². The van der Waals surface area contributed by atoms with Crippen molar-refractivity contribution < 1.29 is 51.3 Å². The Hall–Kier alpha value is -3.98. The van der Waals surface area contributed by atoms with E-state index in [0.717, 1.165) is 41.9 Å². The van der Waals surface area contributed by atoms with Crippen LogP contribution in [0.2, 0.25) is 0 Å². The normalized spacial score (nSPS) is 13.5. The number of carbonyl (C=O) groups is 5. The van der Waals surface area contributed by atoms with E-state index < -0.39 is 44.9 Å².